The average molecular weight is 367 g/mol. The number of rotatable bonds is 8. The number of carbonyl (C=O) groups is 1. The van der Waals surface area contributed by atoms with Gasteiger partial charge in [-0.15, -0.1) is 0 Å². The molecule has 1 aromatic heterocycles. The van der Waals surface area contributed by atoms with Gasteiger partial charge in [0, 0.05) is 51.5 Å². The van der Waals surface area contributed by atoms with Gasteiger partial charge in [0.2, 0.25) is 11.9 Å². The van der Waals surface area contributed by atoms with E-state index in [1.165, 1.54) is 5.56 Å². The van der Waals surface area contributed by atoms with Crippen molar-refractivity contribution in [3.8, 4) is 0 Å². The molecule has 2 heterocycles. The number of hydrogen-bond donors (Lipinski definition) is 1. The molecular weight excluding hydrogens is 338 g/mol. The first kappa shape index (κ1) is 19.3. The van der Waals surface area contributed by atoms with Crippen LogP contribution in [0, 0.1) is 0 Å². The normalized spacial score (nSPS) is 15.6. The van der Waals surface area contributed by atoms with Crippen LogP contribution in [0.3, 0.4) is 0 Å². The van der Waals surface area contributed by atoms with E-state index in [0.717, 1.165) is 51.6 Å². The summed E-state index contributed by atoms with van der Waals surface area (Å²) in [4.78, 5) is 25.0. The highest BCUT2D eigenvalue weighted by Crippen LogP contribution is 2.17. The number of aromatic nitrogens is 2. The second-order valence-electron chi connectivity index (χ2n) is 7.02. The number of nitrogens with zero attached hydrogens (tertiary/aromatic N) is 4. The molecule has 1 fully saturated rings. The van der Waals surface area contributed by atoms with Crippen LogP contribution in [0.5, 0.6) is 0 Å². The minimum absolute atomic E-state index is 0.229. The quantitative estimate of drug-likeness (QED) is 0.726. The van der Waals surface area contributed by atoms with Gasteiger partial charge in [-0.3, -0.25) is 4.79 Å². The summed E-state index contributed by atoms with van der Waals surface area (Å²) in [6.07, 6.45) is 5.14. The fourth-order valence-corrected chi connectivity index (χ4v) is 3.36. The number of piperazine rings is 1. The molecule has 0 bridgehead atoms. The number of amides is 1. The summed E-state index contributed by atoms with van der Waals surface area (Å²) < 4.78 is 0. The summed E-state index contributed by atoms with van der Waals surface area (Å²) in [6, 6.07) is 12.4. The monoisotopic (exact) mass is 367 g/mol. The molecule has 27 heavy (non-hydrogen) atoms. The molecule has 144 valence electrons. The molecule has 1 unspecified atom stereocenters. The van der Waals surface area contributed by atoms with E-state index in [1.54, 1.807) is 12.4 Å². The molecule has 0 spiro atoms. The molecule has 0 radical (unpaired) electrons. The Balaban J connectivity index is 1.30. The molecule has 1 amide bonds. The Kier molecular flexibility index (Phi) is 7.16. The molecular formula is C21H29N5O. The Labute approximate surface area is 161 Å². The second kappa shape index (κ2) is 10.0. The third-order valence-electron chi connectivity index (χ3n) is 5.11. The molecule has 2 aromatic rings. The van der Waals surface area contributed by atoms with Crippen molar-refractivity contribution >= 4 is 11.9 Å². The summed E-state index contributed by atoms with van der Waals surface area (Å²) in [6.45, 7) is 6.97. The third kappa shape index (κ3) is 5.76. The van der Waals surface area contributed by atoms with E-state index in [9.17, 15) is 4.79 Å². The zero-order chi connectivity index (χ0) is 18.9. The van der Waals surface area contributed by atoms with Gasteiger partial charge in [0.1, 0.15) is 0 Å². The first-order chi connectivity index (χ1) is 13.2. The predicted octanol–water partition coefficient (Wildman–Crippen LogP) is 2.30. The van der Waals surface area contributed by atoms with E-state index in [-0.39, 0.29) is 5.91 Å². The molecule has 0 aliphatic carbocycles. The molecule has 1 atom stereocenters. The third-order valence-corrected chi connectivity index (χ3v) is 5.11. The zero-order valence-electron chi connectivity index (χ0n) is 16.1. The lowest BCUT2D eigenvalue weighted by Crippen LogP contribution is -2.49. The topological polar surface area (TPSA) is 61.4 Å². The average Bonchev–Trinajstić information content (AvgIpc) is 2.74. The van der Waals surface area contributed by atoms with Gasteiger partial charge in [-0.25, -0.2) is 9.97 Å². The molecule has 1 aliphatic heterocycles. The highest BCUT2D eigenvalue weighted by molar-refractivity contribution is 5.76. The van der Waals surface area contributed by atoms with Gasteiger partial charge in [-0.05, 0) is 30.5 Å². The molecule has 1 aromatic carbocycles. The maximum absolute atomic E-state index is 12.4. The van der Waals surface area contributed by atoms with E-state index in [0.29, 0.717) is 12.3 Å². The molecule has 0 saturated carbocycles. The Morgan fingerprint density at radius 2 is 1.74 bits per heavy atom. The van der Waals surface area contributed by atoms with Crippen molar-refractivity contribution in [3.63, 3.8) is 0 Å². The maximum Gasteiger partial charge on any atom is 0.225 e. The number of hydrogen-bond acceptors (Lipinski definition) is 5. The molecule has 6 heteroatoms. The van der Waals surface area contributed by atoms with Crippen LogP contribution in [0.2, 0.25) is 0 Å². The summed E-state index contributed by atoms with van der Waals surface area (Å²) >= 11 is 0. The van der Waals surface area contributed by atoms with Gasteiger partial charge in [-0.1, -0.05) is 37.3 Å². The molecule has 1 aliphatic rings. The van der Waals surface area contributed by atoms with Crippen molar-refractivity contribution in [2.45, 2.75) is 25.7 Å². The van der Waals surface area contributed by atoms with Crippen LogP contribution in [0.4, 0.5) is 5.95 Å². The van der Waals surface area contributed by atoms with Crippen LogP contribution in [0.25, 0.3) is 0 Å². The van der Waals surface area contributed by atoms with Gasteiger partial charge in [0.25, 0.3) is 0 Å². The van der Waals surface area contributed by atoms with Gasteiger partial charge in [0.05, 0.1) is 0 Å². The number of benzene rings is 1. The minimum atomic E-state index is 0.229. The summed E-state index contributed by atoms with van der Waals surface area (Å²) in [5.74, 6) is 1.51. The fourth-order valence-electron chi connectivity index (χ4n) is 3.36. The lowest BCUT2D eigenvalue weighted by molar-refractivity contribution is -0.131. The molecule has 6 nitrogen and oxygen atoms in total. The van der Waals surface area contributed by atoms with E-state index in [1.807, 2.05) is 17.0 Å². The highest BCUT2D eigenvalue weighted by atomic mass is 16.2. The number of nitrogens with one attached hydrogen (secondary N) is 1. The van der Waals surface area contributed by atoms with E-state index < -0.39 is 0 Å². The van der Waals surface area contributed by atoms with Crippen LogP contribution in [0.15, 0.2) is 48.8 Å². The lowest BCUT2D eigenvalue weighted by Gasteiger charge is -2.34. The summed E-state index contributed by atoms with van der Waals surface area (Å²) in [5.41, 5.74) is 1.37. The summed E-state index contributed by atoms with van der Waals surface area (Å²) in [7, 11) is 0. The maximum atomic E-state index is 12.4. The van der Waals surface area contributed by atoms with Crippen LogP contribution in [-0.2, 0) is 4.79 Å². The highest BCUT2D eigenvalue weighted by Gasteiger charge is 2.21. The van der Waals surface area contributed by atoms with E-state index in [2.05, 4.69) is 51.4 Å². The van der Waals surface area contributed by atoms with Crippen molar-refractivity contribution < 1.29 is 4.79 Å². The number of carbonyl (C=O) groups excluding carboxylic acids is 1. The van der Waals surface area contributed by atoms with Gasteiger partial charge >= 0.3 is 0 Å². The first-order valence-electron chi connectivity index (χ1n) is 9.79. The summed E-state index contributed by atoms with van der Waals surface area (Å²) in [5, 5.41) is 3.41. The van der Waals surface area contributed by atoms with E-state index >= 15 is 0 Å². The predicted molar refractivity (Wildman–Crippen MR) is 108 cm³/mol. The van der Waals surface area contributed by atoms with Crippen LogP contribution >= 0.6 is 0 Å². The Morgan fingerprint density at radius 3 is 2.44 bits per heavy atom. The Bertz CT molecular complexity index is 686. The first-order valence-corrected chi connectivity index (χ1v) is 9.79. The van der Waals surface area contributed by atoms with Crippen LogP contribution < -0.4 is 10.2 Å². The van der Waals surface area contributed by atoms with Gasteiger partial charge < -0.3 is 15.1 Å². The Hall–Kier alpha value is -2.47. The zero-order valence-corrected chi connectivity index (χ0v) is 16.1. The minimum Gasteiger partial charge on any atom is -0.339 e. The molecule has 1 N–H and O–H groups in total. The van der Waals surface area contributed by atoms with E-state index in [4.69, 9.17) is 0 Å². The smallest absolute Gasteiger partial charge is 0.225 e. The van der Waals surface area contributed by atoms with Gasteiger partial charge in [-0.2, -0.15) is 0 Å². The number of anilines is 1. The SMILES string of the molecule is CC(CCNCCC(=O)N1CCN(c2ncccn2)CC1)c1ccccc1. The van der Waals surface area contributed by atoms with Gasteiger partial charge in [0.15, 0.2) is 0 Å². The fraction of sp³-hybridized carbons (Fsp3) is 0.476. The molecule has 1 saturated heterocycles. The van der Waals surface area contributed by atoms with Crippen LogP contribution in [-0.4, -0.2) is 60.0 Å². The second-order valence-corrected chi connectivity index (χ2v) is 7.02. The Morgan fingerprint density at radius 1 is 1.04 bits per heavy atom. The lowest BCUT2D eigenvalue weighted by atomic mass is 9.98. The largest absolute Gasteiger partial charge is 0.339 e. The standard InChI is InChI=1S/C21H29N5O/c1-18(19-6-3-2-4-7-19)8-12-22-13-9-20(27)25-14-16-26(17-15-25)21-23-10-5-11-24-21/h2-7,10-11,18,22H,8-9,12-17H2,1H3. The molecule has 3 rings (SSSR count). The van der Waals surface area contributed by atoms with Crippen molar-refractivity contribution in [3.05, 3.63) is 54.4 Å². The van der Waals surface area contributed by atoms with Crippen molar-refractivity contribution in [2.75, 3.05) is 44.2 Å². The van der Waals surface area contributed by atoms with Crippen molar-refractivity contribution in [1.82, 2.24) is 20.2 Å². The van der Waals surface area contributed by atoms with Crippen molar-refractivity contribution in [2.24, 2.45) is 0 Å². The van der Waals surface area contributed by atoms with Crippen LogP contribution in [0.1, 0.15) is 31.2 Å². The van der Waals surface area contributed by atoms with Crippen molar-refractivity contribution in [1.29, 1.82) is 0 Å².